The lowest BCUT2D eigenvalue weighted by Crippen LogP contribution is -2.20. The Balaban J connectivity index is 1.81. The molecule has 1 N–H and O–H groups in total. The Morgan fingerprint density at radius 1 is 1.13 bits per heavy atom. The second-order valence-corrected chi connectivity index (χ2v) is 5.29. The van der Waals surface area contributed by atoms with Crippen LogP contribution in [0.5, 0.6) is 0 Å². The van der Waals surface area contributed by atoms with Crippen molar-refractivity contribution in [3.63, 3.8) is 0 Å². The first kappa shape index (κ1) is 16.8. The standard InChI is InChI=1S/C18H16ClNO3/c1-13-4-2-3-5-14(13)6-11-18(22)23-12-17(21)20-16-9-7-15(19)8-10-16/h2-11H,12H2,1H3,(H,20,21)/b11-6+. The van der Waals surface area contributed by atoms with Gasteiger partial charge >= 0.3 is 5.97 Å². The number of hydrogen-bond donors (Lipinski definition) is 1. The highest BCUT2D eigenvalue weighted by molar-refractivity contribution is 6.30. The maximum absolute atomic E-state index is 11.7. The van der Waals surface area contributed by atoms with Gasteiger partial charge in [0.15, 0.2) is 6.61 Å². The van der Waals surface area contributed by atoms with Crippen LogP contribution in [0.15, 0.2) is 54.6 Å². The topological polar surface area (TPSA) is 55.4 Å². The molecule has 4 nitrogen and oxygen atoms in total. The zero-order chi connectivity index (χ0) is 16.7. The molecule has 0 saturated heterocycles. The SMILES string of the molecule is Cc1ccccc1/C=C/C(=O)OCC(=O)Nc1ccc(Cl)cc1. The van der Waals surface area contributed by atoms with Gasteiger partial charge in [0.2, 0.25) is 0 Å². The molecule has 0 atom stereocenters. The summed E-state index contributed by atoms with van der Waals surface area (Å²) in [5.74, 6) is -0.982. The third-order valence-corrected chi connectivity index (χ3v) is 3.31. The molecule has 2 aromatic carbocycles. The maximum Gasteiger partial charge on any atom is 0.331 e. The number of rotatable bonds is 5. The Bertz CT molecular complexity index is 723. The fourth-order valence-electron chi connectivity index (χ4n) is 1.85. The quantitative estimate of drug-likeness (QED) is 0.669. The predicted molar refractivity (Wildman–Crippen MR) is 91.3 cm³/mol. The van der Waals surface area contributed by atoms with Crippen molar-refractivity contribution in [2.24, 2.45) is 0 Å². The minimum absolute atomic E-state index is 0.348. The summed E-state index contributed by atoms with van der Waals surface area (Å²) in [5, 5.41) is 3.19. The van der Waals surface area contributed by atoms with Crippen LogP contribution in [0.2, 0.25) is 5.02 Å². The molecule has 118 valence electrons. The van der Waals surface area contributed by atoms with E-state index in [9.17, 15) is 9.59 Å². The van der Waals surface area contributed by atoms with E-state index in [2.05, 4.69) is 5.32 Å². The number of hydrogen-bond acceptors (Lipinski definition) is 3. The van der Waals surface area contributed by atoms with Crippen LogP contribution < -0.4 is 5.32 Å². The van der Waals surface area contributed by atoms with E-state index < -0.39 is 11.9 Å². The summed E-state index contributed by atoms with van der Waals surface area (Å²) in [7, 11) is 0. The number of nitrogens with one attached hydrogen (secondary N) is 1. The molecule has 23 heavy (non-hydrogen) atoms. The number of aryl methyl sites for hydroxylation is 1. The summed E-state index contributed by atoms with van der Waals surface area (Å²) in [6.07, 6.45) is 2.96. The molecule has 0 aliphatic carbocycles. The van der Waals surface area contributed by atoms with Gasteiger partial charge in [0, 0.05) is 16.8 Å². The van der Waals surface area contributed by atoms with E-state index in [1.807, 2.05) is 31.2 Å². The van der Waals surface area contributed by atoms with Gasteiger partial charge < -0.3 is 10.1 Å². The van der Waals surface area contributed by atoms with E-state index in [1.54, 1.807) is 30.3 Å². The summed E-state index contributed by atoms with van der Waals surface area (Å²) >= 11 is 5.76. The average molecular weight is 330 g/mol. The maximum atomic E-state index is 11.7. The Kier molecular flexibility index (Phi) is 5.94. The molecule has 0 heterocycles. The summed E-state index contributed by atoms with van der Waals surface area (Å²) < 4.78 is 4.90. The van der Waals surface area contributed by atoms with Crippen LogP contribution in [-0.2, 0) is 14.3 Å². The van der Waals surface area contributed by atoms with Crippen molar-refractivity contribution in [1.29, 1.82) is 0 Å². The highest BCUT2D eigenvalue weighted by Gasteiger charge is 2.05. The second-order valence-electron chi connectivity index (χ2n) is 4.85. The summed E-state index contributed by atoms with van der Waals surface area (Å²) in [5.41, 5.74) is 2.57. The first-order valence-electron chi connectivity index (χ1n) is 7.00. The van der Waals surface area contributed by atoms with E-state index in [0.717, 1.165) is 11.1 Å². The predicted octanol–water partition coefficient (Wildman–Crippen LogP) is 3.84. The summed E-state index contributed by atoms with van der Waals surface area (Å²) in [6.45, 7) is 1.60. The van der Waals surface area contributed by atoms with E-state index >= 15 is 0 Å². The lowest BCUT2D eigenvalue weighted by Gasteiger charge is -2.05. The lowest BCUT2D eigenvalue weighted by molar-refractivity contribution is -0.142. The Labute approximate surface area is 139 Å². The van der Waals surface area contributed by atoms with E-state index in [1.165, 1.54) is 6.08 Å². The molecule has 0 unspecified atom stereocenters. The minimum atomic E-state index is -0.570. The second kappa shape index (κ2) is 8.15. The van der Waals surface area contributed by atoms with Crippen LogP contribution in [0.1, 0.15) is 11.1 Å². The van der Waals surface area contributed by atoms with E-state index in [0.29, 0.717) is 10.7 Å². The van der Waals surface area contributed by atoms with Crippen LogP contribution in [-0.4, -0.2) is 18.5 Å². The fourth-order valence-corrected chi connectivity index (χ4v) is 1.97. The van der Waals surface area contributed by atoms with Crippen LogP contribution in [0.4, 0.5) is 5.69 Å². The lowest BCUT2D eigenvalue weighted by atomic mass is 10.1. The van der Waals surface area contributed by atoms with Crippen molar-refractivity contribution in [2.45, 2.75) is 6.92 Å². The van der Waals surface area contributed by atoms with Crippen molar-refractivity contribution in [3.8, 4) is 0 Å². The highest BCUT2D eigenvalue weighted by Crippen LogP contribution is 2.13. The van der Waals surface area contributed by atoms with Gasteiger partial charge in [-0.05, 0) is 48.4 Å². The van der Waals surface area contributed by atoms with Gasteiger partial charge in [0.05, 0.1) is 0 Å². The fraction of sp³-hybridized carbons (Fsp3) is 0.111. The van der Waals surface area contributed by atoms with Crippen LogP contribution in [0.3, 0.4) is 0 Å². The van der Waals surface area contributed by atoms with Crippen molar-refractivity contribution < 1.29 is 14.3 Å². The van der Waals surface area contributed by atoms with Gasteiger partial charge in [0.25, 0.3) is 5.91 Å². The van der Waals surface area contributed by atoms with Gasteiger partial charge in [-0.25, -0.2) is 4.79 Å². The average Bonchev–Trinajstić information content (AvgIpc) is 2.54. The molecule has 0 aromatic heterocycles. The first-order valence-corrected chi connectivity index (χ1v) is 7.38. The molecule has 1 amide bonds. The highest BCUT2D eigenvalue weighted by atomic mass is 35.5. The number of benzene rings is 2. The Morgan fingerprint density at radius 2 is 1.83 bits per heavy atom. The molecule has 5 heteroatoms. The molecule has 0 radical (unpaired) electrons. The molecule has 0 saturated carbocycles. The number of amides is 1. The zero-order valence-electron chi connectivity index (χ0n) is 12.6. The number of ether oxygens (including phenoxy) is 1. The third kappa shape index (κ3) is 5.60. The largest absolute Gasteiger partial charge is 0.452 e. The monoisotopic (exact) mass is 329 g/mol. The molecular formula is C18H16ClNO3. The molecule has 2 rings (SSSR count). The summed E-state index contributed by atoms with van der Waals surface area (Å²) in [6, 6.07) is 14.3. The molecule has 0 aliphatic rings. The number of halogens is 1. The Hall–Kier alpha value is -2.59. The molecule has 0 fully saturated rings. The molecular weight excluding hydrogens is 314 g/mol. The van der Waals surface area contributed by atoms with Gasteiger partial charge in [-0.15, -0.1) is 0 Å². The van der Waals surface area contributed by atoms with Gasteiger partial charge in [-0.1, -0.05) is 35.9 Å². The molecule has 2 aromatic rings. The van der Waals surface area contributed by atoms with Gasteiger partial charge in [0.1, 0.15) is 0 Å². The number of carbonyl (C=O) groups is 2. The van der Waals surface area contributed by atoms with Crippen molar-refractivity contribution in [1.82, 2.24) is 0 Å². The van der Waals surface area contributed by atoms with E-state index in [4.69, 9.17) is 16.3 Å². The first-order chi connectivity index (χ1) is 11.0. The van der Waals surface area contributed by atoms with E-state index in [-0.39, 0.29) is 6.61 Å². The Morgan fingerprint density at radius 3 is 2.52 bits per heavy atom. The molecule has 0 spiro atoms. The van der Waals surface area contributed by atoms with Crippen LogP contribution >= 0.6 is 11.6 Å². The normalized spacial score (nSPS) is 10.5. The van der Waals surface area contributed by atoms with Crippen molar-refractivity contribution >= 4 is 35.2 Å². The van der Waals surface area contributed by atoms with Gasteiger partial charge in [-0.2, -0.15) is 0 Å². The number of esters is 1. The van der Waals surface area contributed by atoms with Gasteiger partial charge in [-0.3, -0.25) is 4.79 Å². The zero-order valence-corrected chi connectivity index (χ0v) is 13.3. The summed E-state index contributed by atoms with van der Waals surface area (Å²) in [4.78, 5) is 23.3. The number of carbonyl (C=O) groups excluding carboxylic acids is 2. The van der Waals surface area contributed by atoms with Crippen molar-refractivity contribution in [3.05, 3.63) is 70.8 Å². The smallest absolute Gasteiger partial charge is 0.331 e. The third-order valence-electron chi connectivity index (χ3n) is 3.06. The minimum Gasteiger partial charge on any atom is -0.452 e. The number of anilines is 1. The molecule has 0 bridgehead atoms. The molecule has 0 aliphatic heterocycles. The van der Waals surface area contributed by atoms with Crippen LogP contribution in [0.25, 0.3) is 6.08 Å². The van der Waals surface area contributed by atoms with Crippen LogP contribution in [0, 0.1) is 6.92 Å². The van der Waals surface area contributed by atoms with Crippen molar-refractivity contribution in [2.75, 3.05) is 11.9 Å².